The molecular weight excluding hydrogens is 291 g/mol. The molecule has 0 aliphatic carbocycles. The molecule has 1 atom stereocenters. The summed E-state index contributed by atoms with van der Waals surface area (Å²) >= 11 is 0. The minimum absolute atomic E-state index is 0. The second-order valence-electron chi connectivity index (χ2n) is 5.75. The summed E-state index contributed by atoms with van der Waals surface area (Å²) in [6, 6.07) is 0. The standard InChI is InChI=1S/C17H32O4.Na.H/c1-3-4-5-6-7-8-9-10-11-12-13-14-16(19)21-17(20)15(2)18;;/h15,18H,3-14H2,1-2H3;;. The SMILES string of the molecule is CCCCCCCCCCCCCC(=O)OC(=O)C(C)O.[NaH]. The first-order valence-corrected chi connectivity index (χ1v) is 8.50. The van der Waals surface area contributed by atoms with E-state index in [-0.39, 0.29) is 36.0 Å². The molecule has 0 aromatic heterocycles. The van der Waals surface area contributed by atoms with Gasteiger partial charge in [-0.1, -0.05) is 71.1 Å². The number of unbranched alkanes of at least 4 members (excludes halogenated alkanes) is 10. The van der Waals surface area contributed by atoms with E-state index in [0.29, 0.717) is 0 Å². The van der Waals surface area contributed by atoms with Crippen LogP contribution in [-0.2, 0) is 14.3 Å². The Balaban J connectivity index is 0. The Morgan fingerprint density at radius 3 is 1.68 bits per heavy atom. The molecule has 0 fully saturated rings. The van der Waals surface area contributed by atoms with Gasteiger partial charge in [-0.05, 0) is 13.3 Å². The molecule has 1 unspecified atom stereocenters. The van der Waals surface area contributed by atoms with Gasteiger partial charge in [0, 0.05) is 6.42 Å². The molecule has 0 spiro atoms. The molecule has 0 aliphatic heterocycles. The number of hydrogen-bond acceptors (Lipinski definition) is 4. The van der Waals surface area contributed by atoms with E-state index in [2.05, 4.69) is 11.7 Å². The van der Waals surface area contributed by atoms with Crippen LogP contribution in [0.15, 0.2) is 0 Å². The third-order valence-corrected chi connectivity index (χ3v) is 3.54. The zero-order valence-corrected chi connectivity index (χ0v) is 13.7. The van der Waals surface area contributed by atoms with Gasteiger partial charge in [-0.15, -0.1) is 0 Å². The predicted molar refractivity (Wildman–Crippen MR) is 91.0 cm³/mol. The number of hydrogen-bond donors (Lipinski definition) is 1. The average Bonchev–Trinajstić information content (AvgIpc) is 2.44. The second kappa shape index (κ2) is 17.5. The van der Waals surface area contributed by atoms with Crippen molar-refractivity contribution in [2.24, 2.45) is 0 Å². The maximum absolute atomic E-state index is 11.3. The molecule has 0 aliphatic rings. The number of aliphatic hydroxyl groups is 1. The summed E-state index contributed by atoms with van der Waals surface area (Å²) in [5.41, 5.74) is 0. The molecule has 0 amide bonds. The summed E-state index contributed by atoms with van der Waals surface area (Å²) < 4.78 is 4.48. The summed E-state index contributed by atoms with van der Waals surface area (Å²) in [6.07, 6.45) is 12.4. The van der Waals surface area contributed by atoms with Crippen molar-refractivity contribution in [2.75, 3.05) is 0 Å². The first-order valence-electron chi connectivity index (χ1n) is 8.50. The van der Waals surface area contributed by atoms with Crippen LogP contribution in [0.3, 0.4) is 0 Å². The fourth-order valence-electron chi connectivity index (χ4n) is 2.18. The van der Waals surface area contributed by atoms with Gasteiger partial charge in [-0.2, -0.15) is 0 Å². The topological polar surface area (TPSA) is 63.6 Å². The number of carbonyl (C=O) groups excluding carboxylic acids is 2. The molecule has 126 valence electrons. The van der Waals surface area contributed by atoms with Crippen LogP contribution in [0.25, 0.3) is 0 Å². The Bertz CT molecular complexity index is 280. The number of carbonyl (C=O) groups is 2. The van der Waals surface area contributed by atoms with E-state index < -0.39 is 18.0 Å². The van der Waals surface area contributed by atoms with Crippen LogP contribution in [0.1, 0.15) is 90.9 Å². The Kier molecular flexibility index (Phi) is 19.3. The zero-order valence-electron chi connectivity index (χ0n) is 13.7. The van der Waals surface area contributed by atoms with Crippen LogP contribution in [0.5, 0.6) is 0 Å². The summed E-state index contributed by atoms with van der Waals surface area (Å²) in [5.74, 6) is -1.39. The number of aliphatic hydroxyl groups excluding tert-OH is 1. The molecule has 0 rings (SSSR count). The molecule has 0 aromatic carbocycles. The van der Waals surface area contributed by atoms with Crippen LogP contribution in [0.2, 0.25) is 0 Å². The van der Waals surface area contributed by atoms with E-state index in [1.165, 1.54) is 58.3 Å². The quantitative estimate of drug-likeness (QED) is 0.244. The van der Waals surface area contributed by atoms with Crippen LogP contribution < -0.4 is 0 Å². The van der Waals surface area contributed by atoms with E-state index in [9.17, 15) is 9.59 Å². The summed E-state index contributed by atoms with van der Waals surface area (Å²) in [7, 11) is 0. The molecular formula is C17H33NaO4. The van der Waals surface area contributed by atoms with Gasteiger partial charge in [0.15, 0.2) is 0 Å². The molecule has 0 saturated carbocycles. The van der Waals surface area contributed by atoms with Crippen molar-refractivity contribution in [3.63, 3.8) is 0 Å². The zero-order chi connectivity index (χ0) is 15.9. The Morgan fingerprint density at radius 2 is 1.27 bits per heavy atom. The van der Waals surface area contributed by atoms with Crippen molar-refractivity contribution < 1.29 is 19.4 Å². The van der Waals surface area contributed by atoms with Gasteiger partial charge >= 0.3 is 41.5 Å². The van der Waals surface area contributed by atoms with Gasteiger partial charge in [-0.3, -0.25) is 4.79 Å². The van der Waals surface area contributed by atoms with Crippen LogP contribution >= 0.6 is 0 Å². The normalized spacial score (nSPS) is 11.6. The molecule has 0 radical (unpaired) electrons. The predicted octanol–water partition coefficient (Wildman–Crippen LogP) is 3.49. The molecule has 5 heteroatoms. The van der Waals surface area contributed by atoms with E-state index in [0.717, 1.165) is 19.3 Å². The van der Waals surface area contributed by atoms with E-state index in [1.807, 2.05) is 0 Å². The summed E-state index contributed by atoms with van der Waals surface area (Å²) in [4.78, 5) is 22.2. The number of rotatable bonds is 13. The van der Waals surface area contributed by atoms with Crippen molar-refractivity contribution in [3.05, 3.63) is 0 Å². The van der Waals surface area contributed by atoms with Gasteiger partial charge in [0.05, 0.1) is 0 Å². The monoisotopic (exact) mass is 324 g/mol. The van der Waals surface area contributed by atoms with E-state index in [1.54, 1.807) is 0 Å². The van der Waals surface area contributed by atoms with Gasteiger partial charge in [0.2, 0.25) is 0 Å². The first-order chi connectivity index (χ1) is 10.1. The van der Waals surface area contributed by atoms with Gasteiger partial charge in [0.1, 0.15) is 6.10 Å². The van der Waals surface area contributed by atoms with Crippen LogP contribution in [-0.4, -0.2) is 52.7 Å². The Hall–Kier alpha value is 0.1000. The van der Waals surface area contributed by atoms with Crippen LogP contribution in [0.4, 0.5) is 0 Å². The van der Waals surface area contributed by atoms with Crippen LogP contribution in [0, 0.1) is 0 Å². The third kappa shape index (κ3) is 16.5. The average molecular weight is 324 g/mol. The third-order valence-electron chi connectivity index (χ3n) is 3.54. The molecule has 4 nitrogen and oxygen atoms in total. The fourth-order valence-corrected chi connectivity index (χ4v) is 2.18. The van der Waals surface area contributed by atoms with Gasteiger partial charge in [-0.25, -0.2) is 4.79 Å². The summed E-state index contributed by atoms with van der Waals surface area (Å²) in [6.45, 7) is 3.52. The Labute approximate surface area is 157 Å². The molecule has 0 heterocycles. The van der Waals surface area contributed by atoms with Crippen molar-refractivity contribution >= 4 is 41.5 Å². The maximum atomic E-state index is 11.3. The summed E-state index contributed by atoms with van der Waals surface area (Å²) in [5, 5.41) is 8.90. The van der Waals surface area contributed by atoms with Crippen molar-refractivity contribution in [1.82, 2.24) is 0 Å². The van der Waals surface area contributed by atoms with Crippen molar-refractivity contribution in [2.45, 2.75) is 97.0 Å². The minimum atomic E-state index is -1.23. The van der Waals surface area contributed by atoms with Gasteiger partial charge < -0.3 is 9.84 Å². The van der Waals surface area contributed by atoms with E-state index >= 15 is 0 Å². The molecule has 22 heavy (non-hydrogen) atoms. The fraction of sp³-hybridized carbons (Fsp3) is 0.882. The molecule has 0 saturated heterocycles. The number of esters is 2. The number of ether oxygens (including phenoxy) is 1. The van der Waals surface area contributed by atoms with Crippen molar-refractivity contribution in [3.8, 4) is 0 Å². The van der Waals surface area contributed by atoms with E-state index in [4.69, 9.17) is 5.11 Å². The molecule has 1 N–H and O–H groups in total. The molecule has 0 aromatic rings. The van der Waals surface area contributed by atoms with Gasteiger partial charge in [0.25, 0.3) is 0 Å². The van der Waals surface area contributed by atoms with Crippen molar-refractivity contribution in [1.29, 1.82) is 0 Å². The second-order valence-corrected chi connectivity index (χ2v) is 5.75. The molecule has 0 bridgehead atoms. The Morgan fingerprint density at radius 1 is 0.864 bits per heavy atom. The first kappa shape index (κ1) is 24.4.